The van der Waals surface area contributed by atoms with Gasteiger partial charge in [-0.15, -0.1) is 0 Å². The van der Waals surface area contributed by atoms with Crippen LogP contribution in [-0.2, 0) is 0 Å². The average molecular weight is 156 g/mol. The van der Waals surface area contributed by atoms with Crippen molar-refractivity contribution in [1.29, 1.82) is 0 Å². The van der Waals surface area contributed by atoms with Crippen LogP contribution in [0.3, 0.4) is 0 Å². The van der Waals surface area contributed by atoms with Gasteiger partial charge in [-0.1, -0.05) is 19.8 Å². The minimum absolute atomic E-state index is 0.450. The van der Waals surface area contributed by atoms with Crippen molar-refractivity contribution >= 4 is 0 Å². The second-order valence-corrected chi connectivity index (χ2v) is 4.62. The molecule has 0 amide bonds. The molecule has 66 valence electrons. The molecule has 0 bridgehead atoms. The highest BCUT2D eigenvalue weighted by molar-refractivity contribution is 4.82. The van der Waals surface area contributed by atoms with E-state index in [1.54, 1.807) is 0 Å². The maximum Gasteiger partial charge on any atom is 0.0619 e. The van der Waals surface area contributed by atoms with E-state index in [4.69, 9.17) is 0 Å². The van der Waals surface area contributed by atoms with Crippen molar-refractivity contribution in [2.75, 3.05) is 0 Å². The molecule has 1 nitrogen and oxygen atoms in total. The zero-order chi connectivity index (χ0) is 8.48. The van der Waals surface area contributed by atoms with Crippen molar-refractivity contribution < 1.29 is 5.11 Å². The Bertz CT molecular complexity index is 123. The molecule has 1 heteroatoms. The van der Waals surface area contributed by atoms with Crippen molar-refractivity contribution in [3.63, 3.8) is 0 Å². The third kappa shape index (κ3) is 2.48. The molecule has 1 N–H and O–H groups in total. The first-order chi connectivity index (χ1) is 5.00. The number of hydrogen-bond donors (Lipinski definition) is 1. The molecule has 0 spiro atoms. The Morgan fingerprint density at radius 1 is 1.27 bits per heavy atom. The molecule has 2 atom stereocenters. The molecule has 0 aromatic carbocycles. The normalized spacial score (nSPS) is 33.8. The summed E-state index contributed by atoms with van der Waals surface area (Å²) in [4.78, 5) is 0. The van der Waals surface area contributed by atoms with Crippen molar-refractivity contribution in [3.8, 4) is 0 Å². The van der Waals surface area contributed by atoms with E-state index < -0.39 is 5.60 Å². The van der Waals surface area contributed by atoms with Crippen LogP contribution in [0.2, 0.25) is 0 Å². The van der Waals surface area contributed by atoms with Gasteiger partial charge in [0.25, 0.3) is 0 Å². The highest BCUT2D eigenvalue weighted by Crippen LogP contribution is 2.35. The maximum absolute atomic E-state index is 9.76. The standard InChI is InChI=1S/C10H20O/c1-8-5-4-6-9(7-8)10(2,3)11/h8-9,11H,4-7H2,1-3H3. The van der Waals surface area contributed by atoms with Crippen LogP contribution in [0.1, 0.15) is 46.5 Å². The van der Waals surface area contributed by atoms with Crippen LogP contribution in [0, 0.1) is 11.8 Å². The smallest absolute Gasteiger partial charge is 0.0619 e. The molecule has 0 aromatic rings. The van der Waals surface area contributed by atoms with Crippen LogP contribution in [-0.4, -0.2) is 10.7 Å². The van der Waals surface area contributed by atoms with Gasteiger partial charge in [0.1, 0.15) is 0 Å². The molecule has 2 unspecified atom stereocenters. The van der Waals surface area contributed by atoms with E-state index in [9.17, 15) is 5.11 Å². The fourth-order valence-electron chi connectivity index (χ4n) is 2.08. The minimum Gasteiger partial charge on any atom is -0.390 e. The molecular weight excluding hydrogens is 136 g/mol. The summed E-state index contributed by atoms with van der Waals surface area (Å²) in [6.07, 6.45) is 5.08. The summed E-state index contributed by atoms with van der Waals surface area (Å²) in [6, 6.07) is 0. The molecule has 0 aliphatic heterocycles. The van der Waals surface area contributed by atoms with Crippen molar-refractivity contribution in [3.05, 3.63) is 0 Å². The van der Waals surface area contributed by atoms with Gasteiger partial charge in [0.2, 0.25) is 0 Å². The molecule has 1 rings (SSSR count). The Kier molecular flexibility index (Phi) is 2.58. The van der Waals surface area contributed by atoms with Gasteiger partial charge >= 0.3 is 0 Å². The number of aliphatic hydroxyl groups is 1. The topological polar surface area (TPSA) is 20.2 Å². The fourth-order valence-corrected chi connectivity index (χ4v) is 2.08. The molecule has 11 heavy (non-hydrogen) atoms. The monoisotopic (exact) mass is 156 g/mol. The summed E-state index contributed by atoms with van der Waals surface area (Å²) >= 11 is 0. The first-order valence-electron chi connectivity index (χ1n) is 4.72. The first-order valence-corrected chi connectivity index (χ1v) is 4.72. The average Bonchev–Trinajstić information content (AvgIpc) is 1.86. The van der Waals surface area contributed by atoms with Gasteiger partial charge in [0.05, 0.1) is 5.60 Å². The van der Waals surface area contributed by atoms with Crippen molar-refractivity contribution in [1.82, 2.24) is 0 Å². The molecule has 0 heterocycles. The summed E-state index contributed by atoms with van der Waals surface area (Å²) in [6.45, 7) is 6.17. The van der Waals surface area contributed by atoms with Crippen LogP contribution in [0.15, 0.2) is 0 Å². The summed E-state index contributed by atoms with van der Waals surface area (Å²) < 4.78 is 0. The molecule has 0 saturated heterocycles. The Labute approximate surface area is 69.8 Å². The predicted octanol–water partition coefficient (Wildman–Crippen LogP) is 2.58. The van der Waals surface area contributed by atoms with Crippen LogP contribution in [0.4, 0.5) is 0 Å². The zero-order valence-electron chi connectivity index (χ0n) is 7.93. The van der Waals surface area contributed by atoms with E-state index in [-0.39, 0.29) is 0 Å². The molecule has 1 saturated carbocycles. The quantitative estimate of drug-likeness (QED) is 0.618. The Morgan fingerprint density at radius 3 is 2.27 bits per heavy atom. The largest absolute Gasteiger partial charge is 0.390 e. The zero-order valence-corrected chi connectivity index (χ0v) is 7.93. The van der Waals surface area contributed by atoms with Gasteiger partial charge in [-0.2, -0.15) is 0 Å². The van der Waals surface area contributed by atoms with E-state index in [1.165, 1.54) is 25.7 Å². The van der Waals surface area contributed by atoms with E-state index in [1.807, 2.05) is 13.8 Å². The molecule has 1 fully saturated rings. The Balaban J connectivity index is 2.46. The number of hydrogen-bond acceptors (Lipinski definition) is 1. The molecule has 1 aliphatic rings. The molecule has 0 aromatic heterocycles. The third-order valence-corrected chi connectivity index (χ3v) is 2.94. The highest BCUT2D eigenvalue weighted by atomic mass is 16.3. The molecule has 0 radical (unpaired) electrons. The lowest BCUT2D eigenvalue weighted by atomic mass is 9.75. The third-order valence-electron chi connectivity index (χ3n) is 2.94. The van der Waals surface area contributed by atoms with Gasteiger partial charge < -0.3 is 5.11 Å². The van der Waals surface area contributed by atoms with Crippen molar-refractivity contribution in [2.24, 2.45) is 11.8 Å². The second-order valence-electron chi connectivity index (χ2n) is 4.62. The molecule has 1 aliphatic carbocycles. The van der Waals surface area contributed by atoms with E-state index in [0.29, 0.717) is 5.92 Å². The summed E-state index contributed by atoms with van der Waals surface area (Å²) in [5, 5.41) is 9.76. The first kappa shape index (κ1) is 9.05. The van der Waals surface area contributed by atoms with Crippen LogP contribution in [0.5, 0.6) is 0 Å². The van der Waals surface area contributed by atoms with Gasteiger partial charge in [-0.3, -0.25) is 0 Å². The van der Waals surface area contributed by atoms with Gasteiger partial charge in [0, 0.05) is 0 Å². The number of rotatable bonds is 1. The second kappa shape index (κ2) is 3.14. The van der Waals surface area contributed by atoms with Gasteiger partial charge in [-0.25, -0.2) is 0 Å². The fraction of sp³-hybridized carbons (Fsp3) is 1.00. The van der Waals surface area contributed by atoms with E-state index in [0.717, 1.165) is 5.92 Å². The lowest BCUT2D eigenvalue weighted by Crippen LogP contribution is -2.34. The molecular formula is C10H20O. The summed E-state index contributed by atoms with van der Waals surface area (Å²) in [5.74, 6) is 1.35. The SMILES string of the molecule is CC1CCCC(C(C)(C)O)C1. The maximum atomic E-state index is 9.76. The lowest BCUT2D eigenvalue weighted by Gasteiger charge is -2.35. The lowest BCUT2D eigenvalue weighted by molar-refractivity contribution is -0.00781. The predicted molar refractivity (Wildman–Crippen MR) is 47.4 cm³/mol. The minimum atomic E-state index is -0.450. The summed E-state index contributed by atoms with van der Waals surface area (Å²) in [7, 11) is 0. The van der Waals surface area contributed by atoms with E-state index >= 15 is 0 Å². The summed E-state index contributed by atoms with van der Waals surface area (Å²) in [5.41, 5.74) is -0.450. The van der Waals surface area contributed by atoms with E-state index in [2.05, 4.69) is 6.92 Å². The van der Waals surface area contributed by atoms with Crippen LogP contribution in [0.25, 0.3) is 0 Å². The van der Waals surface area contributed by atoms with Crippen LogP contribution < -0.4 is 0 Å². The van der Waals surface area contributed by atoms with Crippen molar-refractivity contribution in [2.45, 2.75) is 52.1 Å². The van der Waals surface area contributed by atoms with Gasteiger partial charge in [0.15, 0.2) is 0 Å². The highest BCUT2D eigenvalue weighted by Gasteiger charge is 2.30. The van der Waals surface area contributed by atoms with Crippen LogP contribution >= 0.6 is 0 Å². The Morgan fingerprint density at radius 2 is 1.91 bits per heavy atom. The van der Waals surface area contributed by atoms with Gasteiger partial charge in [-0.05, 0) is 38.5 Å². The Hall–Kier alpha value is -0.0400.